The molecule has 29 heavy (non-hydrogen) atoms. The molecular weight excluding hydrogens is 372 g/mol. The smallest absolute Gasteiger partial charge is 0.267 e. The summed E-state index contributed by atoms with van der Waals surface area (Å²) in [5.74, 6) is 2.01. The fourth-order valence-corrected chi connectivity index (χ4v) is 3.04. The van der Waals surface area contributed by atoms with Gasteiger partial charge in [0.2, 0.25) is 18.5 Å². The van der Waals surface area contributed by atoms with Gasteiger partial charge in [0.05, 0.1) is 5.69 Å². The second-order valence-corrected chi connectivity index (χ2v) is 6.66. The number of ether oxygens (including phenoxy) is 2. The van der Waals surface area contributed by atoms with Gasteiger partial charge in [-0.15, -0.1) is 0 Å². The average Bonchev–Trinajstić information content (AvgIpc) is 3.39. The van der Waals surface area contributed by atoms with Gasteiger partial charge in [-0.2, -0.15) is 10.1 Å². The van der Waals surface area contributed by atoms with Crippen molar-refractivity contribution in [3.63, 3.8) is 0 Å². The fourth-order valence-electron chi connectivity index (χ4n) is 3.04. The van der Waals surface area contributed by atoms with E-state index in [9.17, 15) is 4.79 Å². The van der Waals surface area contributed by atoms with Crippen molar-refractivity contribution in [3.8, 4) is 34.1 Å². The minimum Gasteiger partial charge on any atom is -0.454 e. The molecule has 0 bridgehead atoms. The molecule has 8 nitrogen and oxygen atoms in total. The molecule has 0 saturated carbocycles. The Labute approximate surface area is 165 Å². The van der Waals surface area contributed by atoms with E-state index in [-0.39, 0.29) is 24.8 Å². The van der Waals surface area contributed by atoms with Crippen LogP contribution < -0.4 is 15.0 Å². The summed E-state index contributed by atoms with van der Waals surface area (Å²) in [4.78, 5) is 16.6. The highest BCUT2D eigenvalue weighted by Crippen LogP contribution is 2.35. The van der Waals surface area contributed by atoms with Crippen molar-refractivity contribution in [2.45, 2.75) is 13.5 Å². The SMILES string of the molecule is Cc1ccc(-c2ccc(=O)n(Cc3nc(-c4ccc5c(c4)OCO5)no3)n2)cc1. The summed E-state index contributed by atoms with van der Waals surface area (Å²) in [6.07, 6.45) is 0. The first-order valence-electron chi connectivity index (χ1n) is 9.03. The molecule has 0 N–H and O–H groups in total. The molecule has 0 spiro atoms. The molecular formula is C21H16N4O4. The lowest BCUT2D eigenvalue weighted by Gasteiger charge is -2.05. The van der Waals surface area contributed by atoms with Gasteiger partial charge < -0.3 is 14.0 Å². The Morgan fingerprint density at radius 3 is 2.62 bits per heavy atom. The third-order valence-corrected chi connectivity index (χ3v) is 4.60. The van der Waals surface area contributed by atoms with Gasteiger partial charge in [-0.05, 0) is 31.2 Å². The van der Waals surface area contributed by atoms with Crippen LogP contribution in [0.1, 0.15) is 11.5 Å². The summed E-state index contributed by atoms with van der Waals surface area (Å²) in [5, 5.41) is 8.44. The Balaban J connectivity index is 1.41. The number of hydrogen-bond acceptors (Lipinski definition) is 7. The second kappa shape index (κ2) is 6.90. The van der Waals surface area contributed by atoms with E-state index in [0.29, 0.717) is 23.0 Å². The number of rotatable bonds is 4. The van der Waals surface area contributed by atoms with Crippen LogP contribution in [0.25, 0.3) is 22.6 Å². The van der Waals surface area contributed by atoms with Crippen LogP contribution in [-0.4, -0.2) is 26.7 Å². The minimum atomic E-state index is -0.247. The summed E-state index contributed by atoms with van der Waals surface area (Å²) in [7, 11) is 0. The number of aryl methyl sites for hydroxylation is 1. The maximum absolute atomic E-state index is 12.2. The zero-order valence-electron chi connectivity index (χ0n) is 15.5. The van der Waals surface area contributed by atoms with Gasteiger partial charge in [-0.3, -0.25) is 4.79 Å². The number of benzene rings is 2. The molecule has 4 aromatic rings. The highest BCUT2D eigenvalue weighted by atomic mass is 16.7. The molecule has 1 aliphatic heterocycles. The second-order valence-electron chi connectivity index (χ2n) is 6.66. The summed E-state index contributed by atoms with van der Waals surface area (Å²) in [6.45, 7) is 2.30. The van der Waals surface area contributed by atoms with Crippen molar-refractivity contribution < 1.29 is 14.0 Å². The van der Waals surface area contributed by atoms with Crippen LogP contribution in [0.5, 0.6) is 11.5 Å². The van der Waals surface area contributed by atoms with Crippen LogP contribution in [0.2, 0.25) is 0 Å². The van der Waals surface area contributed by atoms with Crippen LogP contribution >= 0.6 is 0 Å². The monoisotopic (exact) mass is 388 g/mol. The molecule has 0 radical (unpaired) electrons. The molecule has 0 unspecified atom stereocenters. The standard InChI is InChI=1S/C21H16N4O4/c1-13-2-4-14(5-3-13)16-7-9-20(26)25(23-16)11-19-22-21(24-29-19)15-6-8-17-18(10-15)28-12-27-17/h2-10H,11-12H2,1H3. The lowest BCUT2D eigenvalue weighted by Crippen LogP contribution is -2.23. The normalized spacial score (nSPS) is 12.3. The van der Waals surface area contributed by atoms with E-state index in [0.717, 1.165) is 16.7 Å². The topological polar surface area (TPSA) is 92.3 Å². The van der Waals surface area contributed by atoms with Crippen molar-refractivity contribution in [2.24, 2.45) is 0 Å². The maximum Gasteiger partial charge on any atom is 0.267 e. The Bertz CT molecular complexity index is 1240. The van der Waals surface area contributed by atoms with Gasteiger partial charge in [0, 0.05) is 17.2 Å². The highest BCUT2D eigenvalue weighted by Gasteiger charge is 2.17. The van der Waals surface area contributed by atoms with Crippen LogP contribution in [0.15, 0.2) is 63.9 Å². The first kappa shape index (κ1) is 17.2. The molecule has 2 aromatic heterocycles. The zero-order chi connectivity index (χ0) is 19.8. The molecule has 0 aliphatic carbocycles. The van der Waals surface area contributed by atoms with E-state index in [1.54, 1.807) is 18.2 Å². The van der Waals surface area contributed by atoms with Gasteiger partial charge in [-0.25, -0.2) is 4.68 Å². The van der Waals surface area contributed by atoms with E-state index in [1.807, 2.05) is 37.3 Å². The van der Waals surface area contributed by atoms with Gasteiger partial charge in [0.15, 0.2) is 11.5 Å². The van der Waals surface area contributed by atoms with Gasteiger partial charge in [0.1, 0.15) is 6.54 Å². The number of aromatic nitrogens is 4. The molecule has 144 valence electrons. The summed E-state index contributed by atoms with van der Waals surface area (Å²) in [5.41, 5.74) is 3.27. The quantitative estimate of drug-likeness (QED) is 0.530. The first-order chi connectivity index (χ1) is 14.2. The minimum absolute atomic E-state index is 0.0795. The van der Waals surface area contributed by atoms with Crippen molar-refractivity contribution >= 4 is 0 Å². The summed E-state index contributed by atoms with van der Waals surface area (Å²) < 4.78 is 17.3. The Morgan fingerprint density at radius 1 is 0.966 bits per heavy atom. The average molecular weight is 388 g/mol. The lowest BCUT2D eigenvalue weighted by molar-refractivity contribution is 0.174. The zero-order valence-corrected chi connectivity index (χ0v) is 15.5. The molecule has 3 heterocycles. The number of nitrogens with zero attached hydrogens (tertiary/aromatic N) is 4. The van der Waals surface area contributed by atoms with Crippen LogP contribution in [0.4, 0.5) is 0 Å². The Hall–Kier alpha value is -3.94. The van der Waals surface area contributed by atoms with Crippen LogP contribution in [0.3, 0.4) is 0 Å². The van der Waals surface area contributed by atoms with E-state index >= 15 is 0 Å². The molecule has 0 saturated heterocycles. The summed E-state index contributed by atoms with van der Waals surface area (Å²) in [6, 6.07) is 16.5. The van der Waals surface area contributed by atoms with Crippen molar-refractivity contribution in [2.75, 3.05) is 6.79 Å². The third-order valence-electron chi connectivity index (χ3n) is 4.60. The first-order valence-corrected chi connectivity index (χ1v) is 9.03. The lowest BCUT2D eigenvalue weighted by atomic mass is 10.1. The predicted octanol–water partition coefficient (Wildman–Crippen LogP) is 3.05. The number of fused-ring (bicyclic) bond motifs is 1. The molecule has 0 amide bonds. The van der Waals surface area contributed by atoms with E-state index in [1.165, 1.54) is 10.7 Å². The van der Waals surface area contributed by atoms with E-state index in [4.69, 9.17) is 14.0 Å². The molecule has 2 aromatic carbocycles. The van der Waals surface area contributed by atoms with Gasteiger partial charge in [-0.1, -0.05) is 35.0 Å². The molecule has 5 rings (SSSR count). The molecule has 0 atom stereocenters. The van der Waals surface area contributed by atoms with Crippen LogP contribution in [-0.2, 0) is 6.54 Å². The summed E-state index contributed by atoms with van der Waals surface area (Å²) >= 11 is 0. The van der Waals surface area contributed by atoms with Crippen LogP contribution in [0, 0.1) is 6.92 Å². The van der Waals surface area contributed by atoms with E-state index in [2.05, 4.69) is 15.2 Å². The fraction of sp³-hybridized carbons (Fsp3) is 0.143. The third kappa shape index (κ3) is 3.36. The van der Waals surface area contributed by atoms with Gasteiger partial charge in [0.25, 0.3) is 5.56 Å². The largest absolute Gasteiger partial charge is 0.454 e. The van der Waals surface area contributed by atoms with E-state index < -0.39 is 0 Å². The number of hydrogen-bond donors (Lipinski definition) is 0. The van der Waals surface area contributed by atoms with Crippen molar-refractivity contribution in [1.29, 1.82) is 0 Å². The van der Waals surface area contributed by atoms with Gasteiger partial charge >= 0.3 is 0 Å². The maximum atomic E-state index is 12.2. The van der Waals surface area contributed by atoms with Crippen molar-refractivity contribution in [1.82, 2.24) is 19.9 Å². The molecule has 1 aliphatic rings. The van der Waals surface area contributed by atoms with Crippen molar-refractivity contribution in [3.05, 3.63) is 76.4 Å². The predicted molar refractivity (Wildman–Crippen MR) is 104 cm³/mol. The molecule has 0 fully saturated rings. The Morgan fingerprint density at radius 2 is 1.76 bits per heavy atom. The Kier molecular flexibility index (Phi) is 4.09. The highest BCUT2D eigenvalue weighted by molar-refractivity contribution is 5.61. The molecule has 8 heteroatoms.